The molecule has 2 heterocycles. The molecule has 1 fully saturated rings. The maximum absolute atomic E-state index is 13.5. The number of carboxylic acid groups (broad SMARTS) is 1. The van der Waals surface area contributed by atoms with Crippen LogP contribution < -0.4 is 0 Å². The average Bonchev–Trinajstić information content (AvgIpc) is 3.01. The minimum absolute atomic E-state index is 0.245. The lowest BCUT2D eigenvalue weighted by molar-refractivity contribution is -0.146. The number of aromatic nitrogens is 2. The zero-order valence-corrected chi connectivity index (χ0v) is 13.7. The molecule has 1 amide bonds. The van der Waals surface area contributed by atoms with Crippen molar-refractivity contribution in [1.29, 1.82) is 0 Å². The van der Waals surface area contributed by atoms with E-state index in [9.17, 15) is 22.8 Å². The number of rotatable bonds is 3. The first-order valence-electron chi connectivity index (χ1n) is 7.61. The Morgan fingerprint density at radius 2 is 1.96 bits per heavy atom. The van der Waals surface area contributed by atoms with E-state index in [4.69, 9.17) is 5.11 Å². The van der Waals surface area contributed by atoms with Crippen LogP contribution >= 0.6 is 0 Å². The minimum Gasteiger partial charge on any atom is -0.481 e. The number of carbonyl (C=O) groups is 2. The van der Waals surface area contributed by atoms with Gasteiger partial charge in [-0.15, -0.1) is 0 Å². The van der Waals surface area contributed by atoms with Crippen LogP contribution in [0, 0.1) is 0 Å². The third kappa shape index (κ3) is 3.54. The topological polar surface area (TPSA) is 75.4 Å². The summed E-state index contributed by atoms with van der Waals surface area (Å²) >= 11 is 0. The predicted molar refractivity (Wildman–Crippen MR) is 78.5 cm³/mol. The molecule has 0 radical (unpaired) electrons. The van der Waals surface area contributed by atoms with Gasteiger partial charge in [0.2, 0.25) is 0 Å². The lowest BCUT2D eigenvalue weighted by atomic mass is 10.1. The molecule has 2 rings (SSSR count). The number of nitrogens with zero attached hydrogens (tertiary/aromatic N) is 3. The average molecular weight is 347 g/mol. The van der Waals surface area contributed by atoms with Crippen molar-refractivity contribution in [3.63, 3.8) is 0 Å². The van der Waals surface area contributed by atoms with Gasteiger partial charge in [-0.1, -0.05) is 0 Å². The van der Waals surface area contributed by atoms with E-state index < -0.39 is 40.9 Å². The van der Waals surface area contributed by atoms with E-state index in [-0.39, 0.29) is 13.0 Å². The number of carbonyl (C=O) groups excluding carboxylic acids is 1. The van der Waals surface area contributed by atoms with Gasteiger partial charge in [0, 0.05) is 12.6 Å². The zero-order valence-electron chi connectivity index (χ0n) is 13.7. The summed E-state index contributed by atoms with van der Waals surface area (Å²) in [5.41, 5.74) is -2.58. The molecule has 24 heavy (non-hydrogen) atoms. The molecular formula is C15H20F3N3O3. The SMILES string of the molecule is CC(C)(C)n1ncc(C(=O)N2CCCC2CC(=O)O)c1C(F)(F)F. The fourth-order valence-corrected chi connectivity index (χ4v) is 2.96. The van der Waals surface area contributed by atoms with Gasteiger partial charge in [0.05, 0.1) is 23.7 Å². The molecule has 9 heteroatoms. The maximum atomic E-state index is 13.5. The minimum atomic E-state index is -4.74. The highest BCUT2D eigenvalue weighted by molar-refractivity contribution is 5.96. The standard InChI is InChI=1S/C15H20F3N3O3/c1-14(2,3)21-12(15(16,17)18)10(8-19-21)13(24)20-6-4-5-9(20)7-11(22)23/h8-9H,4-7H2,1-3H3,(H,22,23). The second-order valence-corrected chi connectivity index (χ2v) is 6.88. The molecule has 0 bridgehead atoms. The number of hydrogen-bond acceptors (Lipinski definition) is 3. The van der Waals surface area contributed by atoms with E-state index in [1.165, 1.54) is 4.90 Å². The van der Waals surface area contributed by atoms with Gasteiger partial charge < -0.3 is 10.0 Å². The molecule has 6 nitrogen and oxygen atoms in total. The summed E-state index contributed by atoms with van der Waals surface area (Å²) in [7, 11) is 0. The summed E-state index contributed by atoms with van der Waals surface area (Å²) in [6.07, 6.45) is -3.06. The summed E-state index contributed by atoms with van der Waals surface area (Å²) < 4.78 is 41.3. The van der Waals surface area contributed by atoms with Gasteiger partial charge in [0.15, 0.2) is 5.69 Å². The van der Waals surface area contributed by atoms with Gasteiger partial charge in [-0.3, -0.25) is 14.3 Å². The first-order valence-corrected chi connectivity index (χ1v) is 7.61. The van der Waals surface area contributed by atoms with Gasteiger partial charge in [0.25, 0.3) is 5.91 Å². The second-order valence-electron chi connectivity index (χ2n) is 6.88. The van der Waals surface area contributed by atoms with Crippen molar-refractivity contribution < 1.29 is 27.9 Å². The maximum Gasteiger partial charge on any atom is 0.433 e. The van der Waals surface area contributed by atoms with Gasteiger partial charge in [0.1, 0.15) is 0 Å². The normalized spacial score (nSPS) is 18.9. The quantitative estimate of drug-likeness (QED) is 0.912. The summed E-state index contributed by atoms with van der Waals surface area (Å²) in [5.74, 6) is -1.90. The Balaban J connectivity index is 2.43. The molecule has 134 valence electrons. The van der Waals surface area contributed by atoms with Gasteiger partial charge in [-0.2, -0.15) is 18.3 Å². The fraction of sp³-hybridized carbons (Fsp3) is 0.667. The second kappa shape index (κ2) is 6.10. The third-order valence-corrected chi connectivity index (χ3v) is 3.95. The lowest BCUT2D eigenvalue weighted by Gasteiger charge is -2.26. The van der Waals surface area contributed by atoms with Crippen LogP contribution in [0.25, 0.3) is 0 Å². The highest BCUT2D eigenvalue weighted by Crippen LogP contribution is 2.36. The number of amides is 1. The van der Waals surface area contributed by atoms with Crippen molar-refractivity contribution in [2.45, 2.75) is 57.8 Å². The van der Waals surface area contributed by atoms with Crippen LogP contribution in [-0.2, 0) is 16.5 Å². The molecule has 1 unspecified atom stereocenters. The molecule has 0 aliphatic carbocycles. The summed E-state index contributed by atoms with van der Waals surface area (Å²) in [5, 5.41) is 12.7. The highest BCUT2D eigenvalue weighted by Gasteiger charge is 2.44. The van der Waals surface area contributed by atoms with Crippen LogP contribution in [0.1, 0.15) is 56.1 Å². The highest BCUT2D eigenvalue weighted by atomic mass is 19.4. The number of aliphatic carboxylic acids is 1. The van der Waals surface area contributed by atoms with Crippen LogP contribution in [0.5, 0.6) is 0 Å². The molecule has 1 aliphatic rings. The van der Waals surface area contributed by atoms with Crippen LogP contribution in [0.3, 0.4) is 0 Å². The Morgan fingerprint density at radius 1 is 1.33 bits per heavy atom. The molecule has 0 aromatic carbocycles. The van der Waals surface area contributed by atoms with E-state index >= 15 is 0 Å². The Kier molecular flexibility index (Phi) is 4.65. The number of halogens is 3. The van der Waals surface area contributed by atoms with E-state index in [1.807, 2.05) is 0 Å². The van der Waals surface area contributed by atoms with Crippen molar-refractivity contribution in [3.8, 4) is 0 Å². The first-order chi connectivity index (χ1) is 10.9. The fourth-order valence-electron chi connectivity index (χ4n) is 2.96. The van der Waals surface area contributed by atoms with Crippen molar-refractivity contribution in [2.24, 2.45) is 0 Å². The van der Waals surface area contributed by atoms with E-state index in [0.29, 0.717) is 12.8 Å². The zero-order chi connectivity index (χ0) is 18.3. The predicted octanol–water partition coefficient (Wildman–Crippen LogP) is 2.74. The lowest BCUT2D eigenvalue weighted by Crippen LogP contribution is -2.38. The summed E-state index contributed by atoms with van der Waals surface area (Å²) in [6.45, 7) is 4.93. The molecule has 1 saturated heterocycles. The van der Waals surface area contributed by atoms with Crippen molar-refractivity contribution in [1.82, 2.24) is 14.7 Å². The summed E-state index contributed by atoms with van der Waals surface area (Å²) in [6, 6.07) is -0.589. The van der Waals surface area contributed by atoms with Gasteiger partial charge >= 0.3 is 12.1 Å². The number of carboxylic acids is 1. The molecule has 1 aromatic rings. The Labute approximate surface area is 137 Å². The molecular weight excluding hydrogens is 327 g/mol. The van der Waals surface area contributed by atoms with Crippen molar-refractivity contribution >= 4 is 11.9 Å². The molecule has 0 spiro atoms. The summed E-state index contributed by atoms with van der Waals surface area (Å²) in [4.78, 5) is 24.7. The Morgan fingerprint density at radius 3 is 2.46 bits per heavy atom. The molecule has 0 saturated carbocycles. The molecule has 1 aromatic heterocycles. The smallest absolute Gasteiger partial charge is 0.433 e. The van der Waals surface area contributed by atoms with Gasteiger partial charge in [-0.05, 0) is 33.6 Å². The Bertz CT molecular complexity index is 647. The number of hydrogen-bond donors (Lipinski definition) is 1. The van der Waals surface area contributed by atoms with E-state index in [1.54, 1.807) is 20.8 Å². The van der Waals surface area contributed by atoms with Crippen LogP contribution in [0.2, 0.25) is 0 Å². The van der Waals surface area contributed by atoms with Gasteiger partial charge in [-0.25, -0.2) is 0 Å². The molecule has 1 N–H and O–H groups in total. The third-order valence-electron chi connectivity index (χ3n) is 3.95. The number of alkyl halides is 3. The first kappa shape index (κ1) is 18.3. The van der Waals surface area contributed by atoms with Crippen LogP contribution in [0.4, 0.5) is 13.2 Å². The van der Waals surface area contributed by atoms with Crippen molar-refractivity contribution in [2.75, 3.05) is 6.54 Å². The van der Waals surface area contributed by atoms with Crippen LogP contribution in [-0.4, -0.2) is 44.3 Å². The van der Waals surface area contributed by atoms with E-state index in [0.717, 1.165) is 10.9 Å². The van der Waals surface area contributed by atoms with Crippen molar-refractivity contribution in [3.05, 3.63) is 17.5 Å². The number of likely N-dealkylation sites (tertiary alicyclic amines) is 1. The van der Waals surface area contributed by atoms with Crippen LogP contribution in [0.15, 0.2) is 6.20 Å². The largest absolute Gasteiger partial charge is 0.481 e. The van der Waals surface area contributed by atoms with E-state index in [2.05, 4.69) is 5.10 Å². The monoisotopic (exact) mass is 347 g/mol. The molecule has 1 aliphatic heterocycles. The molecule has 1 atom stereocenters. The Hall–Kier alpha value is -2.06.